The molecular weight excluding hydrogens is 328 g/mol. The first-order valence-electron chi connectivity index (χ1n) is 8.76. The lowest BCUT2D eigenvalue weighted by atomic mass is 9.93. The molecule has 25 heavy (non-hydrogen) atoms. The van der Waals surface area contributed by atoms with Crippen LogP contribution in [0.15, 0.2) is 48.5 Å². The van der Waals surface area contributed by atoms with Crippen LogP contribution in [0.2, 0.25) is 0 Å². The first-order chi connectivity index (χ1) is 11.9. The molecule has 0 aliphatic rings. The zero-order valence-electron chi connectivity index (χ0n) is 15.7. The van der Waals surface area contributed by atoms with Gasteiger partial charge in [-0.1, -0.05) is 44.2 Å². The van der Waals surface area contributed by atoms with Gasteiger partial charge in [-0.25, -0.2) is 0 Å². The molecule has 0 aliphatic carbocycles. The summed E-state index contributed by atoms with van der Waals surface area (Å²) in [6, 6.07) is 16.5. The Hall–Kier alpha value is -2.07. The van der Waals surface area contributed by atoms with Crippen LogP contribution in [0.3, 0.4) is 0 Å². The Bertz CT molecular complexity index is 713. The number of aryl methyl sites for hydroxylation is 1. The summed E-state index contributed by atoms with van der Waals surface area (Å²) in [5, 5.41) is 7.35. The van der Waals surface area contributed by atoms with Gasteiger partial charge in [-0.05, 0) is 62.2 Å². The molecule has 0 bridgehead atoms. The lowest BCUT2D eigenvalue weighted by Crippen LogP contribution is -2.35. The molecule has 134 valence electrons. The van der Waals surface area contributed by atoms with Crippen LogP contribution in [0.4, 0.5) is 5.69 Å². The second kappa shape index (κ2) is 8.86. The van der Waals surface area contributed by atoms with Gasteiger partial charge in [0.1, 0.15) is 5.75 Å². The molecule has 0 aromatic heterocycles. The standard InChI is InChI=1S/C21H28N2OS/c1-14(2)20(19-12-7-6-9-16(19)5)23-21(25)22-17-10-8-11-18(13-17)24-15(3)4/h6-15,20H,1-5H3,(H2,22,23,25)/t20-/m0/s1. The van der Waals surface area contributed by atoms with E-state index in [2.05, 4.69) is 55.7 Å². The summed E-state index contributed by atoms with van der Waals surface area (Å²) >= 11 is 5.54. The van der Waals surface area contributed by atoms with Crippen molar-refractivity contribution in [2.45, 2.75) is 46.8 Å². The van der Waals surface area contributed by atoms with Crippen LogP contribution in [-0.2, 0) is 0 Å². The maximum absolute atomic E-state index is 5.74. The molecule has 2 aromatic carbocycles. The fourth-order valence-electron chi connectivity index (χ4n) is 2.77. The molecule has 0 unspecified atom stereocenters. The van der Waals surface area contributed by atoms with E-state index in [1.54, 1.807) is 0 Å². The Morgan fingerprint density at radius 1 is 1.00 bits per heavy atom. The molecule has 0 amide bonds. The van der Waals surface area contributed by atoms with E-state index in [0.717, 1.165) is 11.4 Å². The van der Waals surface area contributed by atoms with Crippen molar-refractivity contribution in [2.24, 2.45) is 5.92 Å². The third-order valence-electron chi connectivity index (χ3n) is 3.94. The number of rotatable bonds is 6. The smallest absolute Gasteiger partial charge is 0.171 e. The molecule has 0 saturated carbocycles. The summed E-state index contributed by atoms with van der Waals surface area (Å²) in [4.78, 5) is 0. The van der Waals surface area contributed by atoms with Crippen molar-refractivity contribution in [1.29, 1.82) is 0 Å². The van der Waals surface area contributed by atoms with Crippen LogP contribution >= 0.6 is 12.2 Å². The quantitative estimate of drug-likeness (QED) is 0.673. The number of anilines is 1. The van der Waals surface area contributed by atoms with Gasteiger partial charge in [0.05, 0.1) is 12.1 Å². The molecule has 2 rings (SSSR count). The highest BCUT2D eigenvalue weighted by molar-refractivity contribution is 7.80. The van der Waals surface area contributed by atoms with Gasteiger partial charge >= 0.3 is 0 Å². The van der Waals surface area contributed by atoms with Gasteiger partial charge < -0.3 is 15.4 Å². The van der Waals surface area contributed by atoms with Gasteiger partial charge in [0, 0.05) is 11.8 Å². The average molecular weight is 357 g/mol. The van der Waals surface area contributed by atoms with Crippen LogP contribution in [0.1, 0.15) is 44.9 Å². The van der Waals surface area contributed by atoms with Crippen molar-refractivity contribution in [3.63, 3.8) is 0 Å². The first kappa shape index (κ1) is 19.3. The lowest BCUT2D eigenvalue weighted by molar-refractivity contribution is 0.242. The molecular formula is C21H28N2OS. The molecule has 1 atom stereocenters. The predicted molar refractivity (Wildman–Crippen MR) is 110 cm³/mol. The second-order valence-corrected chi connectivity index (χ2v) is 7.28. The summed E-state index contributed by atoms with van der Waals surface area (Å²) in [5.41, 5.74) is 3.46. The molecule has 2 aromatic rings. The number of hydrogen-bond donors (Lipinski definition) is 2. The Morgan fingerprint density at radius 2 is 1.72 bits per heavy atom. The van der Waals surface area contributed by atoms with Crippen molar-refractivity contribution < 1.29 is 4.74 Å². The Kier molecular flexibility index (Phi) is 6.82. The largest absolute Gasteiger partial charge is 0.491 e. The highest BCUT2D eigenvalue weighted by atomic mass is 32.1. The van der Waals surface area contributed by atoms with Crippen LogP contribution in [0, 0.1) is 12.8 Å². The number of hydrogen-bond acceptors (Lipinski definition) is 2. The normalized spacial score (nSPS) is 12.1. The maximum Gasteiger partial charge on any atom is 0.171 e. The van der Waals surface area contributed by atoms with Gasteiger partial charge in [-0.2, -0.15) is 0 Å². The molecule has 2 N–H and O–H groups in total. The fourth-order valence-corrected chi connectivity index (χ4v) is 3.01. The van der Waals surface area contributed by atoms with Crippen LogP contribution in [0.5, 0.6) is 5.75 Å². The van der Waals surface area contributed by atoms with Crippen LogP contribution in [0.25, 0.3) is 0 Å². The van der Waals surface area contributed by atoms with Crippen molar-refractivity contribution >= 4 is 23.0 Å². The fraction of sp³-hybridized carbons (Fsp3) is 0.381. The summed E-state index contributed by atoms with van der Waals surface area (Å²) in [7, 11) is 0. The van der Waals surface area contributed by atoms with Gasteiger partial charge in [0.25, 0.3) is 0 Å². The van der Waals surface area contributed by atoms with Crippen LogP contribution < -0.4 is 15.4 Å². The van der Waals surface area contributed by atoms with E-state index in [9.17, 15) is 0 Å². The Balaban J connectivity index is 2.08. The molecule has 4 heteroatoms. The molecule has 3 nitrogen and oxygen atoms in total. The van der Waals surface area contributed by atoms with Gasteiger partial charge in [-0.3, -0.25) is 0 Å². The van der Waals surface area contributed by atoms with E-state index in [0.29, 0.717) is 11.0 Å². The van der Waals surface area contributed by atoms with Crippen LogP contribution in [-0.4, -0.2) is 11.2 Å². The predicted octanol–water partition coefficient (Wildman–Crippen LogP) is 5.47. The SMILES string of the molecule is Cc1ccccc1[C@@H](NC(=S)Nc1cccc(OC(C)C)c1)C(C)C. The maximum atomic E-state index is 5.74. The highest BCUT2D eigenvalue weighted by Crippen LogP contribution is 2.25. The monoisotopic (exact) mass is 356 g/mol. The Labute approximate surface area is 156 Å². The molecule has 0 radical (unpaired) electrons. The van der Waals surface area contributed by atoms with E-state index < -0.39 is 0 Å². The molecule has 0 aliphatic heterocycles. The average Bonchev–Trinajstić information content (AvgIpc) is 2.53. The second-order valence-electron chi connectivity index (χ2n) is 6.87. The first-order valence-corrected chi connectivity index (χ1v) is 9.17. The Morgan fingerprint density at radius 3 is 2.36 bits per heavy atom. The van der Waals surface area contributed by atoms with Crippen molar-refractivity contribution in [1.82, 2.24) is 5.32 Å². The van der Waals surface area contributed by atoms with E-state index in [4.69, 9.17) is 17.0 Å². The minimum absolute atomic E-state index is 0.145. The van der Waals surface area contributed by atoms with E-state index in [-0.39, 0.29) is 12.1 Å². The van der Waals surface area contributed by atoms with E-state index in [1.165, 1.54) is 11.1 Å². The highest BCUT2D eigenvalue weighted by Gasteiger charge is 2.18. The molecule has 0 heterocycles. The third-order valence-corrected chi connectivity index (χ3v) is 4.16. The van der Waals surface area contributed by atoms with Gasteiger partial charge in [0.2, 0.25) is 0 Å². The zero-order valence-corrected chi connectivity index (χ0v) is 16.5. The zero-order chi connectivity index (χ0) is 18.4. The number of ether oxygens (including phenoxy) is 1. The van der Waals surface area contributed by atoms with Crippen molar-refractivity contribution in [2.75, 3.05) is 5.32 Å². The van der Waals surface area contributed by atoms with Gasteiger partial charge in [-0.15, -0.1) is 0 Å². The van der Waals surface area contributed by atoms with E-state index >= 15 is 0 Å². The lowest BCUT2D eigenvalue weighted by Gasteiger charge is -2.26. The topological polar surface area (TPSA) is 33.3 Å². The minimum Gasteiger partial charge on any atom is -0.491 e. The van der Waals surface area contributed by atoms with Crippen molar-refractivity contribution in [3.05, 3.63) is 59.7 Å². The summed E-state index contributed by atoms with van der Waals surface area (Å²) in [6.45, 7) is 10.6. The number of benzene rings is 2. The molecule has 0 fully saturated rings. The number of thiocarbonyl (C=S) groups is 1. The minimum atomic E-state index is 0.145. The summed E-state index contributed by atoms with van der Waals surface area (Å²) in [6.07, 6.45) is 0.145. The van der Waals surface area contributed by atoms with Crippen molar-refractivity contribution in [3.8, 4) is 5.75 Å². The third kappa shape index (κ3) is 5.75. The molecule has 0 saturated heterocycles. The summed E-state index contributed by atoms with van der Waals surface area (Å²) in [5.74, 6) is 1.25. The van der Waals surface area contributed by atoms with E-state index in [1.807, 2.05) is 38.1 Å². The number of nitrogens with one attached hydrogen (secondary N) is 2. The summed E-state index contributed by atoms with van der Waals surface area (Å²) < 4.78 is 5.74. The van der Waals surface area contributed by atoms with Gasteiger partial charge in [0.15, 0.2) is 5.11 Å². The molecule has 0 spiro atoms.